The van der Waals surface area contributed by atoms with Crippen molar-refractivity contribution >= 4 is 62.0 Å². The van der Waals surface area contributed by atoms with Crippen LogP contribution in [-0.2, 0) is 0 Å². The Balaban J connectivity index is 0.941. The molecule has 3 nitrogen and oxygen atoms in total. The second-order valence-corrected chi connectivity index (χ2v) is 16.9. The van der Waals surface area contributed by atoms with Gasteiger partial charge in [-0.1, -0.05) is 188 Å². The molecular weight excluding hydrogens is 823 g/mol. The number of hydrogen-bond acceptors (Lipinski definition) is 3. The van der Waals surface area contributed by atoms with Crippen LogP contribution in [0.2, 0.25) is 0 Å². The summed E-state index contributed by atoms with van der Waals surface area (Å²) in [5.74, 6) is 0.133. The van der Waals surface area contributed by atoms with Gasteiger partial charge in [0.25, 0.3) is 0 Å². The number of anilines is 9. The zero-order valence-corrected chi connectivity index (χ0v) is 37.6. The van der Waals surface area contributed by atoms with Crippen LogP contribution in [0.25, 0.3) is 21.9 Å². The minimum atomic E-state index is 0.133. The second-order valence-electron chi connectivity index (χ2n) is 16.9. The Bertz CT molecular complexity index is 3270. The smallest absolute Gasteiger partial charge is 0.0540 e. The maximum atomic E-state index is 2.37. The van der Waals surface area contributed by atoms with Gasteiger partial charge in [-0.05, 0) is 136 Å². The van der Waals surface area contributed by atoms with E-state index in [1.807, 2.05) is 0 Å². The van der Waals surface area contributed by atoms with Crippen LogP contribution < -0.4 is 14.7 Å². The lowest BCUT2D eigenvalue weighted by Gasteiger charge is -2.29. The van der Waals surface area contributed by atoms with Gasteiger partial charge in [0.15, 0.2) is 0 Å². The normalized spacial score (nSPS) is 11.1. The summed E-state index contributed by atoms with van der Waals surface area (Å²) in [7, 11) is 0. The lowest BCUT2D eigenvalue weighted by atomic mass is 9.85. The van der Waals surface area contributed by atoms with Gasteiger partial charge < -0.3 is 14.7 Å². The molecule has 11 aromatic rings. The Morgan fingerprint density at radius 2 is 0.500 bits per heavy atom. The molecular formula is C65H49N3. The van der Waals surface area contributed by atoms with E-state index < -0.39 is 0 Å². The van der Waals surface area contributed by atoms with Crippen molar-refractivity contribution in [1.29, 1.82) is 0 Å². The first-order valence-corrected chi connectivity index (χ1v) is 23.3. The molecule has 0 bridgehead atoms. The van der Waals surface area contributed by atoms with Crippen LogP contribution in [0, 0.1) is 0 Å². The largest absolute Gasteiger partial charge is 0.311 e. The van der Waals surface area contributed by atoms with E-state index in [1.165, 1.54) is 33.0 Å². The SMILES string of the molecule is c1ccc(C(c2ccccc2)c2ccc(N(c3ccccc3)c3ccc(-c4ccc(N(c5ccccc5)c5ccc(N(c6ccccc6)c6ccccc6)cc5)c5ccccc45)cc3)cc2)cc1. The van der Waals surface area contributed by atoms with Crippen LogP contribution in [0.5, 0.6) is 0 Å². The average molecular weight is 872 g/mol. The molecule has 68 heavy (non-hydrogen) atoms. The van der Waals surface area contributed by atoms with Gasteiger partial charge in [0.1, 0.15) is 0 Å². The van der Waals surface area contributed by atoms with Gasteiger partial charge in [0, 0.05) is 56.8 Å². The van der Waals surface area contributed by atoms with Gasteiger partial charge in [0.2, 0.25) is 0 Å². The molecule has 0 radical (unpaired) electrons. The first kappa shape index (κ1) is 41.8. The standard InChI is InChI=1S/C65H49N3/c1-7-21-50(22-8-1)65(51-23-9-2-10-24-51)52-37-41-58(42-38-52)67(55-29-15-5-16-30-55)57-39-35-49(36-40-57)61-47-48-64(63-34-20-19-33-62(61)63)68(56-31-17-6-18-32-56)60-45-43-59(44-46-60)66(53-25-11-3-12-26-53)54-27-13-4-14-28-54/h1-48,65H. The summed E-state index contributed by atoms with van der Waals surface area (Å²) in [5, 5.41) is 2.36. The molecule has 0 spiro atoms. The molecule has 0 saturated carbocycles. The fraction of sp³-hybridized carbons (Fsp3) is 0.0154. The van der Waals surface area contributed by atoms with Gasteiger partial charge in [-0.25, -0.2) is 0 Å². The zero-order chi connectivity index (χ0) is 45.5. The molecule has 0 heterocycles. The third-order valence-corrected chi connectivity index (χ3v) is 12.8. The summed E-state index contributed by atoms with van der Waals surface area (Å²) >= 11 is 0. The Hall–Kier alpha value is -8.92. The van der Waals surface area contributed by atoms with Crippen LogP contribution in [0.4, 0.5) is 51.2 Å². The van der Waals surface area contributed by atoms with E-state index in [0.29, 0.717) is 0 Å². The first-order valence-electron chi connectivity index (χ1n) is 23.3. The van der Waals surface area contributed by atoms with Gasteiger partial charge in [0.05, 0.1) is 5.69 Å². The van der Waals surface area contributed by atoms with Crippen molar-refractivity contribution in [2.75, 3.05) is 14.7 Å². The van der Waals surface area contributed by atoms with E-state index in [9.17, 15) is 0 Å². The molecule has 3 heteroatoms. The molecule has 0 aromatic heterocycles. The molecule has 0 fully saturated rings. The molecule has 0 aliphatic heterocycles. The topological polar surface area (TPSA) is 9.72 Å². The maximum Gasteiger partial charge on any atom is 0.0540 e. The van der Waals surface area contributed by atoms with Gasteiger partial charge in [-0.3, -0.25) is 0 Å². The molecule has 0 N–H and O–H groups in total. The quantitative estimate of drug-likeness (QED) is 0.107. The van der Waals surface area contributed by atoms with E-state index in [2.05, 4.69) is 306 Å². The van der Waals surface area contributed by atoms with Crippen molar-refractivity contribution < 1.29 is 0 Å². The molecule has 11 rings (SSSR count). The summed E-state index contributed by atoms with van der Waals surface area (Å²) in [6, 6.07) is 104. The van der Waals surface area contributed by atoms with Crippen LogP contribution >= 0.6 is 0 Å². The van der Waals surface area contributed by atoms with Crippen LogP contribution in [-0.4, -0.2) is 0 Å². The third-order valence-electron chi connectivity index (χ3n) is 12.8. The first-order chi connectivity index (χ1) is 33.8. The number of rotatable bonds is 13. The monoisotopic (exact) mass is 871 g/mol. The predicted octanol–water partition coefficient (Wildman–Crippen LogP) is 18.1. The molecule has 324 valence electrons. The lowest BCUT2D eigenvalue weighted by molar-refractivity contribution is 0.977. The number of para-hydroxylation sites is 4. The fourth-order valence-electron chi connectivity index (χ4n) is 9.58. The highest BCUT2D eigenvalue weighted by atomic mass is 15.2. The van der Waals surface area contributed by atoms with E-state index in [-0.39, 0.29) is 5.92 Å². The highest BCUT2D eigenvalue weighted by Crippen LogP contribution is 2.44. The van der Waals surface area contributed by atoms with E-state index in [4.69, 9.17) is 0 Å². The zero-order valence-electron chi connectivity index (χ0n) is 37.6. The number of nitrogens with zero attached hydrogens (tertiary/aromatic N) is 3. The minimum Gasteiger partial charge on any atom is -0.311 e. The number of hydrogen-bond donors (Lipinski definition) is 0. The highest BCUT2D eigenvalue weighted by Gasteiger charge is 2.21. The van der Waals surface area contributed by atoms with E-state index in [1.54, 1.807) is 0 Å². The van der Waals surface area contributed by atoms with Crippen molar-refractivity contribution in [3.63, 3.8) is 0 Å². The summed E-state index contributed by atoms with van der Waals surface area (Å²) < 4.78 is 0. The molecule has 11 aromatic carbocycles. The highest BCUT2D eigenvalue weighted by molar-refractivity contribution is 6.06. The minimum absolute atomic E-state index is 0.133. The number of fused-ring (bicyclic) bond motifs is 1. The molecule has 0 amide bonds. The third kappa shape index (κ3) is 8.53. The van der Waals surface area contributed by atoms with Crippen molar-refractivity contribution in [3.8, 4) is 11.1 Å². The average Bonchev–Trinajstić information content (AvgIpc) is 3.42. The van der Waals surface area contributed by atoms with Crippen LogP contribution in [0.1, 0.15) is 22.6 Å². The van der Waals surface area contributed by atoms with Crippen LogP contribution in [0.3, 0.4) is 0 Å². The van der Waals surface area contributed by atoms with Gasteiger partial charge in [-0.2, -0.15) is 0 Å². The fourth-order valence-corrected chi connectivity index (χ4v) is 9.58. The second kappa shape index (κ2) is 19.3. The molecule has 0 unspecified atom stereocenters. The van der Waals surface area contributed by atoms with E-state index >= 15 is 0 Å². The number of benzene rings is 11. The Morgan fingerprint density at radius 1 is 0.206 bits per heavy atom. The lowest BCUT2D eigenvalue weighted by Crippen LogP contribution is -2.12. The maximum absolute atomic E-state index is 2.37. The Morgan fingerprint density at radius 3 is 0.926 bits per heavy atom. The molecule has 0 atom stereocenters. The van der Waals surface area contributed by atoms with Crippen molar-refractivity contribution in [1.82, 2.24) is 0 Å². The summed E-state index contributed by atoms with van der Waals surface area (Å²) in [6.07, 6.45) is 0. The van der Waals surface area contributed by atoms with Crippen molar-refractivity contribution in [2.24, 2.45) is 0 Å². The van der Waals surface area contributed by atoms with Crippen molar-refractivity contribution in [3.05, 3.63) is 308 Å². The summed E-state index contributed by atoms with van der Waals surface area (Å²) in [6.45, 7) is 0. The summed E-state index contributed by atoms with van der Waals surface area (Å²) in [4.78, 5) is 7.02. The van der Waals surface area contributed by atoms with Gasteiger partial charge in [-0.15, -0.1) is 0 Å². The predicted molar refractivity (Wildman–Crippen MR) is 287 cm³/mol. The molecule has 0 aliphatic rings. The van der Waals surface area contributed by atoms with Gasteiger partial charge >= 0.3 is 0 Å². The Kier molecular flexibility index (Phi) is 11.8. The molecule has 0 aliphatic carbocycles. The molecule has 0 saturated heterocycles. The Labute approximate surface area is 399 Å². The van der Waals surface area contributed by atoms with Crippen molar-refractivity contribution in [2.45, 2.75) is 5.92 Å². The summed E-state index contributed by atoms with van der Waals surface area (Å²) in [5.41, 5.74) is 16.0. The van der Waals surface area contributed by atoms with Crippen LogP contribution in [0.15, 0.2) is 291 Å². The van der Waals surface area contributed by atoms with E-state index in [0.717, 1.165) is 56.7 Å².